The maximum Gasteiger partial charge on any atom is 0.347 e. The Morgan fingerprint density at radius 3 is 2.35 bits per heavy atom. The number of nitrogens with one attached hydrogen (secondary N) is 1. The monoisotopic (exact) mass is 644 g/mol. The number of anilines is 1. The molecule has 2 aromatic heterocycles. The summed E-state index contributed by atoms with van der Waals surface area (Å²) in [6.07, 6.45) is 4.03. The molecule has 0 spiro atoms. The lowest BCUT2D eigenvalue weighted by Gasteiger charge is -2.29. The SMILES string of the molecule is COCCN(c1cc(-c2ccc(F)cc2)c(C(=O)NC(C)(C)c2ccccc2)cc1OC(=O)c1cnn2ccccc12)S(C)(=O)=O. The Morgan fingerprint density at radius 1 is 0.978 bits per heavy atom. The van der Waals surface area contributed by atoms with Crippen LogP contribution in [0.15, 0.2) is 97.3 Å². The topological polar surface area (TPSA) is 119 Å². The number of sulfonamides is 1. The summed E-state index contributed by atoms with van der Waals surface area (Å²) in [7, 11) is -2.53. The van der Waals surface area contributed by atoms with Gasteiger partial charge in [0.05, 0.1) is 47.9 Å². The van der Waals surface area contributed by atoms with Crippen LogP contribution in [0.1, 0.15) is 40.1 Å². The van der Waals surface area contributed by atoms with E-state index in [4.69, 9.17) is 9.47 Å². The molecule has 2 heterocycles. The second-order valence-electron chi connectivity index (χ2n) is 11.1. The van der Waals surface area contributed by atoms with Crippen LogP contribution in [0.3, 0.4) is 0 Å². The third-order valence-corrected chi connectivity index (χ3v) is 8.62. The molecule has 238 valence electrons. The van der Waals surface area contributed by atoms with E-state index in [1.165, 1.54) is 54.2 Å². The number of esters is 1. The number of nitrogens with zero attached hydrogens (tertiary/aromatic N) is 3. The Morgan fingerprint density at radius 2 is 1.67 bits per heavy atom. The molecule has 1 N–H and O–H groups in total. The van der Waals surface area contributed by atoms with Gasteiger partial charge in [-0.05, 0) is 66.9 Å². The number of benzene rings is 3. The molecule has 5 rings (SSSR count). The normalized spacial score (nSPS) is 11.8. The lowest BCUT2D eigenvalue weighted by molar-refractivity contribution is 0.0735. The summed E-state index contributed by atoms with van der Waals surface area (Å²) in [5, 5.41) is 7.23. The van der Waals surface area contributed by atoms with Gasteiger partial charge in [0.2, 0.25) is 10.0 Å². The van der Waals surface area contributed by atoms with Crippen molar-refractivity contribution in [1.29, 1.82) is 0 Å². The smallest absolute Gasteiger partial charge is 0.347 e. The number of fused-ring (bicyclic) bond motifs is 1. The van der Waals surface area contributed by atoms with E-state index >= 15 is 0 Å². The van der Waals surface area contributed by atoms with E-state index in [1.54, 1.807) is 24.4 Å². The summed E-state index contributed by atoms with van der Waals surface area (Å²) in [4.78, 5) is 27.7. The molecule has 0 atom stereocenters. The zero-order valence-electron chi connectivity index (χ0n) is 25.7. The van der Waals surface area contributed by atoms with E-state index in [0.29, 0.717) is 16.6 Å². The van der Waals surface area contributed by atoms with Gasteiger partial charge in [-0.3, -0.25) is 9.10 Å². The Hall–Kier alpha value is -5.07. The summed E-state index contributed by atoms with van der Waals surface area (Å²) in [5.41, 5.74) is 1.40. The van der Waals surface area contributed by atoms with Gasteiger partial charge in [0.25, 0.3) is 5.91 Å². The van der Waals surface area contributed by atoms with Gasteiger partial charge in [0.15, 0.2) is 5.75 Å². The molecular weight excluding hydrogens is 611 g/mol. The fraction of sp³-hybridized carbons (Fsp3) is 0.206. The number of methoxy groups -OCH3 is 1. The maximum absolute atomic E-state index is 14.1. The minimum Gasteiger partial charge on any atom is -0.421 e. The highest BCUT2D eigenvalue weighted by Gasteiger charge is 2.30. The molecule has 0 radical (unpaired) electrons. The number of aromatic nitrogens is 2. The van der Waals surface area contributed by atoms with Gasteiger partial charge in [-0.25, -0.2) is 22.1 Å². The predicted molar refractivity (Wildman–Crippen MR) is 173 cm³/mol. The third-order valence-electron chi connectivity index (χ3n) is 7.44. The molecule has 5 aromatic rings. The molecule has 3 aromatic carbocycles. The quantitative estimate of drug-likeness (QED) is 0.150. The average molecular weight is 645 g/mol. The maximum atomic E-state index is 14.1. The largest absolute Gasteiger partial charge is 0.421 e. The highest BCUT2D eigenvalue weighted by atomic mass is 32.2. The zero-order valence-corrected chi connectivity index (χ0v) is 26.5. The molecule has 1 amide bonds. The van der Waals surface area contributed by atoms with Crippen LogP contribution in [0, 0.1) is 5.82 Å². The van der Waals surface area contributed by atoms with Gasteiger partial charge in [-0.1, -0.05) is 48.5 Å². The number of hydrogen-bond acceptors (Lipinski definition) is 7. The van der Waals surface area contributed by atoms with Crippen molar-refractivity contribution in [3.63, 3.8) is 0 Å². The number of ether oxygens (including phenoxy) is 2. The Balaban J connectivity index is 1.70. The second-order valence-corrected chi connectivity index (χ2v) is 13.0. The lowest BCUT2D eigenvalue weighted by atomic mass is 9.92. The number of carbonyl (C=O) groups excluding carboxylic acids is 2. The first-order valence-electron chi connectivity index (χ1n) is 14.3. The highest BCUT2D eigenvalue weighted by Crippen LogP contribution is 2.39. The zero-order chi connectivity index (χ0) is 33.1. The lowest BCUT2D eigenvalue weighted by Crippen LogP contribution is -2.41. The first kappa shape index (κ1) is 32.3. The number of rotatable bonds is 11. The van der Waals surface area contributed by atoms with Gasteiger partial charge in [-0.15, -0.1) is 0 Å². The van der Waals surface area contributed by atoms with Crippen LogP contribution in [0.5, 0.6) is 5.75 Å². The molecule has 0 saturated carbocycles. The molecule has 0 aliphatic heterocycles. The average Bonchev–Trinajstić information content (AvgIpc) is 3.46. The molecule has 0 aliphatic rings. The van der Waals surface area contributed by atoms with Crippen molar-refractivity contribution in [3.05, 3.63) is 120 Å². The van der Waals surface area contributed by atoms with Crippen LogP contribution in [0.25, 0.3) is 16.6 Å². The van der Waals surface area contributed by atoms with Crippen molar-refractivity contribution in [2.45, 2.75) is 19.4 Å². The van der Waals surface area contributed by atoms with Gasteiger partial charge in [0, 0.05) is 13.3 Å². The molecule has 0 bridgehead atoms. The minimum atomic E-state index is -3.96. The Kier molecular flexibility index (Phi) is 9.22. The van der Waals surface area contributed by atoms with Crippen LogP contribution in [-0.2, 0) is 20.3 Å². The standard InChI is InChI=1S/C34H33FN4O6S/c1-34(2,24-10-6-5-7-11-24)37-32(40)27-21-31(45-33(41)28-22-36-38-17-9-8-12-29(28)38)30(39(18-19-44-3)46(4,42)43)20-26(27)23-13-15-25(35)16-14-23/h5-17,20-22H,18-19H2,1-4H3,(H,37,40). The molecular formula is C34H33FN4O6S. The van der Waals surface area contributed by atoms with Gasteiger partial charge in [0.1, 0.15) is 11.4 Å². The number of carbonyl (C=O) groups is 2. The van der Waals surface area contributed by atoms with Crippen LogP contribution in [0.2, 0.25) is 0 Å². The number of halogens is 1. The summed E-state index contributed by atoms with van der Waals surface area (Å²) < 4.78 is 53.8. The van der Waals surface area contributed by atoms with E-state index in [-0.39, 0.29) is 35.7 Å². The predicted octanol–water partition coefficient (Wildman–Crippen LogP) is 5.44. The summed E-state index contributed by atoms with van der Waals surface area (Å²) in [6.45, 7) is 3.59. The van der Waals surface area contributed by atoms with Crippen molar-refractivity contribution in [3.8, 4) is 16.9 Å². The fourth-order valence-electron chi connectivity index (χ4n) is 5.07. The Labute approximate surface area is 266 Å². The van der Waals surface area contributed by atoms with Crippen molar-refractivity contribution >= 4 is 33.1 Å². The van der Waals surface area contributed by atoms with Crippen LogP contribution >= 0.6 is 0 Å². The third kappa shape index (κ3) is 6.93. The Bertz CT molecular complexity index is 1990. The molecule has 0 unspecified atom stereocenters. The van der Waals surface area contributed by atoms with Gasteiger partial charge in [-0.2, -0.15) is 5.10 Å². The fourth-order valence-corrected chi connectivity index (χ4v) is 5.97. The van der Waals surface area contributed by atoms with E-state index in [1.807, 2.05) is 44.2 Å². The van der Waals surface area contributed by atoms with Crippen molar-refractivity contribution < 1.29 is 31.9 Å². The first-order valence-corrected chi connectivity index (χ1v) is 16.2. The van der Waals surface area contributed by atoms with Crippen molar-refractivity contribution in [2.24, 2.45) is 0 Å². The van der Waals surface area contributed by atoms with E-state index in [0.717, 1.165) is 16.1 Å². The summed E-state index contributed by atoms with van der Waals surface area (Å²) >= 11 is 0. The van der Waals surface area contributed by atoms with Gasteiger partial charge >= 0.3 is 5.97 Å². The van der Waals surface area contributed by atoms with Crippen molar-refractivity contribution in [2.75, 3.05) is 30.8 Å². The highest BCUT2D eigenvalue weighted by molar-refractivity contribution is 7.92. The number of amides is 1. The minimum absolute atomic E-state index is 0.0115. The van der Waals surface area contributed by atoms with Crippen LogP contribution in [-0.4, -0.2) is 56.4 Å². The molecule has 12 heteroatoms. The van der Waals surface area contributed by atoms with E-state index in [2.05, 4.69) is 10.4 Å². The van der Waals surface area contributed by atoms with E-state index < -0.39 is 33.3 Å². The molecule has 46 heavy (non-hydrogen) atoms. The van der Waals surface area contributed by atoms with Crippen LogP contribution in [0.4, 0.5) is 10.1 Å². The summed E-state index contributed by atoms with van der Waals surface area (Å²) in [6, 6.07) is 22.8. The number of hydrogen-bond donors (Lipinski definition) is 1. The molecule has 0 fully saturated rings. The van der Waals surface area contributed by atoms with Crippen molar-refractivity contribution in [1.82, 2.24) is 14.9 Å². The molecule has 0 saturated heterocycles. The number of pyridine rings is 1. The molecule has 0 aliphatic carbocycles. The second kappa shape index (κ2) is 13.1. The summed E-state index contributed by atoms with van der Waals surface area (Å²) in [5.74, 6) is -2.02. The van der Waals surface area contributed by atoms with E-state index in [9.17, 15) is 22.4 Å². The van der Waals surface area contributed by atoms with Crippen LogP contribution < -0.4 is 14.4 Å². The van der Waals surface area contributed by atoms with Gasteiger partial charge < -0.3 is 14.8 Å². The first-order chi connectivity index (χ1) is 21.9. The molecule has 10 nitrogen and oxygen atoms in total.